The number of carboxylic acid groups (broad SMARTS) is 1. The van der Waals surface area contributed by atoms with E-state index in [-0.39, 0.29) is 11.6 Å². The molecular weight excluding hydrogens is 298 g/mol. The zero-order valence-corrected chi connectivity index (χ0v) is 13.2. The number of carboxylic acids is 1. The van der Waals surface area contributed by atoms with Gasteiger partial charge in [0.05, 0.1) is 13.2 Å². The molecule has 0 radical (unpaired) electrons. The average Bonchev–Trinajstić information content (AvgIpc) is 2.55. The van der Waals surface area contributed by atoms with Crippen LogP contribution in [0.3, 0.4) is 0 Å². The number of amides is 1. The number of nitriles is 1. The Morgan fingerprint density at radius 2 is 1.91 bits per heavy atom. The summed E-state index contributed by atoms with van der Waals surface area (Å²) in [6.45, 7) is 3.19. The molecule has 2 atom stereocenters. The highest BCUT2D eigenvalue weighted by Crippen LogP contribution is 2.17. The summed E-state index contributed by atoms with van der Waals surface area (Å²) in [6, 6.07) is 7.69. The molecular formula is C16H19N3O4. The molecule has 1 aromatic rings. The molecule has 0 saturated heterocycles. The van der Waals surface area contributed by atoms with Crippen molar-refractivity contribution >= 4 is 11.9 Å². The molecule has 23 heavy (non-hydrogen) atoms. The number of nitrogens with zero attached hydrogens (tertiary/aromatic N) is 1. The van der Waals surface area contributed by atoms with Crippen LogP contribution in [0.5, 0.6) is 5.75 Å². The van der Waals surface area contributed by atoms with Crippen LogP contribution >= 0.6 is 0 Å². The third kappa shape index (κ3) is 5.36. The van der Waals surface area contributed by atoms with E-state index >= 15 is 0 Å². The number of ether oxygens (including phenoxy) is 1. The maximum Gasteiger partial charge on any atom is 0.325 e. The lowest BCUT2D eigenvalue weighted by molar-refractivity contribution is -0.138. The van der Waals surface area contributed by atoms with Crippen LogP contribution in [0, 0.1) is 11.3 Å². The second-order valence-electron chi connectivity index (χ2n) is 4.86. The van der Waals surface area contributed by atoms with Crippen molar-refractivity contribution in [1.29, 1.82) is 5.26 Å². The predicted octanol–water partition coefficient (Wildman–Crippen LogP) is 1.34. The molecule has 0 fully saturated rings. The molecule has 122 valence electrons. The van der Waals surface area contributed by atoms with Crippen LogP contribution in [0.2, 0.25) is 0 Å². The molecule has 0 aliphatic carbocycles. The van der Waals surface area contributed by atoms with Crippen LogP contribution < -0.4 is 15.4 Å². The highest BCUT2D eigenvalue weighted by molar-refractivity contribution is 5.97. The number of carbonyl (C=O) groups excluding carboxylic acids is 1. The summed E-state index contributed by atoms with van der Waals surface area (Å²) < 4.78 is 5.06. The third-order valence-electron chi connectivity index (χ3n) is 3.18. The minimum atomic E-state index is -1.08. The van der Waals surface area contributed by atoms with E-state index in [1.54, 1.807) is 32.2 Å². The number of rotatable bonds is 7. The fourth-order valence-corrected chi connectivity index (χ4v) is 1.68. The van der Waals surface area contributed by atoms with Crippen molar-refractivity contribution in [2.45, 2.75) is 25.9 Å². The van der Waals surface area contributed by atoms with E-state index < -0.39 is 17.9 Å². The van der Waals surface area contributed by atoms with E-state index in [0.717, 1.165) is 11.8 Å². The zero-order valence-electron chi connectivity index (χ0n) is 13.2. The van der Waals surface area contributed by atoms with Crippen molar-refractivity contribution in [3.05, 3.63) is 41.6 Å². The van der Waals surface area contributed by atoms with Gasteiger partial charge in [-0.3, -0.25) is 9.59 Å². The van der Waals surface area contributed by atoms with E-state index in [2.05, 4.69) is 10.6 Å². The molecule has 0 saturated carbocycles. The molecule has 3 N–H and O–H groups in total. The zero-order chi connectivity index (χ0) is 17.4. The molecule has 1 amide bonds. The number of methoxy groups -OCH3 is 1. The molecule has 0 bridgehead atoms. The van der Waals surface area contributed by atoms with Gasteiger partial charge in [-0.1, -0.05) is 12.1 Å². The minimum absolute atomic E-state index is 0.196. The van der Waals surface area contributed by atoms with Gasteiger partial charge in [-0.15, -0.1) is 0 Å². The second-order valence-corrected chi connectivity index (χ2v) is 4.86. The van der Waals surface area contributed by atoms with Gasteiger partial charge in [-0.2, -0.15) is 5.26 Å². The van der Waals surface area contributed by atoms with E-state index in [0.29, 0.717) is 5.75 Å². The summed E-state index contributed by atoms with van der Waals surface area (Å²) in [5, 5.41) is 22.9. The topological polar surface area (TPSA) is 111 Å². The van der Waals surface area contributed by atoms with Gasteiger partial charge < -0.3 is 20.5 Å². The number of nitrogens with one attached hydrogen (secondary N) is 2. The van der Waals surface area contributed by atoms with E-state index in [1.807, 2.05) is 12.1 Å². The molecule has 0 aliphatic heterocycles. The van der Waals surface area contributed by atoms with Crippen LogP contribution in [0.25, 0.3) is 0 Å². The Morgan fingerprint density at radius 1 is 1.30 bits per heavy atom. The molecule has 1 aromatic carbocycles. The number of benzene rings is 1. The van der Waals surface area contributed by atoms with Gasteiger partial charge in [0, 0.05) is 6.20 Å². The Kier molecular flexibility index (Phi) is 6.62. The van der Waals surface area contributed by atoms with E-state index in [9.17, 15) is 9.59 Å². The highest BCUT2D eigenvalue weighted by atomic mass is 16.5. The van der Waals surface area contributed by atoms with Gasteiger partial charge in [-0.25, -0.2) is 0 Å². The number of carbonyl (C=O) groups is 2. The minimum Gasteiger partial charge on any atom is -0.497 e. The third-order valence-corrected chi connectivity index (χ3v) is 3.18. The summed E-state index contributed by atoms with van der Waals surface area (Å²) in [5.74, 6) is -0.955. The Labute approximate surface area is 134 Å². The molecule has 0 aromatic heterocycles. The van der Waals surface area contributed by atoms with Crippen LogP contribution in [0.15, 0.2) is 36.0 Å². The van der Waals surface area contributed by atoms with Crippen molar-refractivity contribution in [2.24, 2.45) is 0 Å². The largest absolute Gasteiger partial charge is 0.497 e. The normalized spacial score (nSPS) is 13.4. The second kappa shape index (κ2) is 8.44. The molecule has 7 nitrogen and oxygen atoms in total. The summed E-state index contributed by atoms with van der Waals surface area (Å²) in [7, 11) is 1.56. The van der Waals surface area contributed by atoms with Gasteiger partial charge in [0.25, 0.3) is 5.91 Å². The SMILES string of the molecule is COc1ccc(C(C)NC(=O)/C(C#N)=C\NC(C)C(=O)O)cc1. The smallest absolute Gasteiger partial charge is 0.325 e. The maximum atomic E-state index is 12.0. The molecule has 2 unspecified atom stereocenters. The molecule has 0 heterocycles. The summed E-state index contributed by atoms with van der Waals surface area (Å²) in [6.07, 6.45) is 1.11. The van der Waals surface area contributed by atoms with Crippen LogP contribution in [-0.2, 0) is 9.59 Å². The fourth-order valence-electron chi connectivity index (χ4n) is 1.68. The van der Waals surface area contributed by atoms with Crippen LogP contribution in [0.4, 0.5) is 0 Å². The van der Waals surface area contributed by atoms with Gasteiger partial charge >= 0.3 is 5.97 Å². The van der Waals surface area contributed by atoms with Crippen molar-refractivity contribution < 1.29 is 19.4 Å². The Bertz CT molecular complexity index is 632. The van der Waals surface area contributed by atoms with Gasteiger partial charge in [-0.05, 0) is 31.5 Å². The average molecular weight is 317 g/mol. The number of hydrogen-bond donors (Lipinski definition) is 3. The Morgan fingerprint density at radius 3 is 2.39 bits per heavy atom. The van der Waals surface area contributed by atoms with Crippen molar-refractivity contribution in [1.82, 2.24) is 10.6 Å². The van der Waals surface area contributed by atoms with Crippen molar-refractivity contribution in [3.63, 3.8) is 0 Å². The van der Waals surface area contributed by atoms with Gasteiger partial charge in [0.15, 0.2) is 0 Å². The first kappa shape index (κ1) is 18.0. The fraction of sp³-hybridized carbons (Fsp3) is 0.312. The van der Waals surface area contributed by atoms with Crippen molar-refractivity contribution in [3.8, 4) is 11.8 Å². The molecule has 1 rings (SSSR count). The maximum absolute atomic E-state index is 12.0. The standard InChI is InChI=1S/C16H19N3O4/c1-10(12-4-6-14(23-3)7-5-12)19-15(20)13(8-17)9-18-11(2)16(21)22/h4-7,9-11,18H,1-3H3,(H,19,20)(H,21,22)/b13-9-. The summed E-state index contributed by atoms with van der Waals surface area (Å²) >= 11 is 0. The van der Waals surface area contributed by atoms with Crippen LogP contribution in [-0.4, -0.2) is 30.1 Å². The van der Waals surface area contributed by atoms with E-state index in [1.165, 1.54) is 6.92 Å². The van der Waals surface area contributed by atoms with Crippen molar-refractivity contribution in [2.75, 3.05) is 7.11 Å². The van der Waals surface area contributed by atoms with Gasteiger partial charge in [0.2, 0.25) is 0 Å². The highest BCUT2D eigenvalue weighted by Gasteiger charge is 2.15. The molecule has 0 aliphatic rings. The lowest BCUT2D eigenvalue weighted by Crippen LogP contribution is -2.32. The van der Waals surface area contributed by atoms with Gasteiger partial charge in [0.1, 0.15) is 23.4 Å². The first-order chi connectivity index (χ1) is 10.9. The first-order valence-electron chi connectivity index (χ1n) is 6.93. The molecule has 7 heteroatoms. The lowest BCUT2D eigenvalue weighted by atomic mass is 10.1. The molecule has 0 spiro atoms. The summed E-state index contributed by atoms with van der Waals surface area (Å²) in [5.41, 5.74) is 0.654. The quantitative estimate of drug-likeness (QED) is 0.517. The van der Waals surface area contributed by atoms with E-state index in [4.69, 9.17) is 15.1 Å². The Balaban J connectivity index is 2.73. The number of aliphatic carboxylic acids is 1. The monoisotopic (exact) mass is 317 g/mol. The Hall–Kier alpha value is -3.01. The first-order valence-corrected chi connectivity index (χ1v) is 6.93. The lowest BCUT2D eigenvalue weighted by Gasteiger charge is -2.14. The predicted molar refractivity (Wildman–Crippen MR) is 83.5 cm³/mol. The number of hydrogen-bond acceptors (Lipinski definition) is 5. The summed E-state index contributed by atoms with van der Waals surface area (Å²) in [4.78, 5) is 22.7. The van der Waals surface area contributed by atoms with Crippen LogP contribution in [0.1, 0.15) is 25.5 Å².